The lowest BCUT2D eigenvalue weighted by molar-refractivity contribution is -0.132. The quantitative estimate of drug-likeness (QED) is 0.384. The maximum Gasteiger partial charge on any atom is 0.227 e. The van der Waals surface area contributed by atoms with E-state index in [-0.39, 0.29) is 11.7 Å². The highest BCUT2D eigenvalue weighted by Gasteiger charge is 2.22. The van der Waals surface area contributed by atoms with Gasteiger partial charge in [-0.1, -0.05) is 36.4 Å². The number of fused-ring (bicyclic) bond motifs is 1. The molecule has 0 aliphatic carbocycles. The average molecular weight is 526 g/mol. The van der Waals surface area contributed by atoms with Crippen molar-refractivity contribution >= 4 is 16.8 Å². The zero-order valence-corrected chi connectivity index (χ0v) is 22.2. The van der Waals surface area contributed by atoms with E-state index < -0.39 is 0 Å². The summed E-state index contributed by atoms with van der Waals surface area (Å²) in [5, 5.41) is 12.2. The molecule has 0 radical (unpaired) electrons. The van der Waals surface area contributed by atoms with E-state index in [1.54, 1.807) is 12.4 Å². The van der Waals surface area contributed by atoms with Gasteiger partial charge in [0.05, 0.1) is 37.0 Å². The summed E-state index contributed by atoms with van der Waals surface area (Å²) in [5.74, 6) is 0.404. The number of benzene rings is 2. The zero-order valence-electron chi connectivity index (χ0n) is 22.2. The zero-order chi connectivity index (χ0) is 26.6. The summed E-state index contributed by atoms with van der Waals surface area (Å²) in [4.78, 5) is 27.4. The Morgan fingerprint density at radius 2 is 1.62 bits per heavy atom. The summed E-state index contributed by atoms with van der Waals surface area (Å²) in [7, 11) is 0. The van der Waals surface area contributed by atoms with Crippen LogP contribution in [-0.4, -0.2) is 101 Å². The number of carbonyl (C=O) groups excluding carboxylic acids is 1. The molecule has 8 nitrogen and oxygen atoms in total. The van der Waals surface area contributed by atoms with Gasteiger partial charge in [0.25, 0.3) is 0 Å². The molecule has 0 spiro atoms. The summed E-state index contributed by atoms with van der Waals surface area (Å²) in [5.41, 5.74) is 5.18. The number of phenols is 1. The molecule has 202 valence electrons. The molecule has 0 saturated carbocycles. The SMILES string of the molecule is O=C(Cc1ccc(-c2cccc(-c3cc4ccncc4[nH]3)c2O)cc1)N1CCN(CCN2CCOCC2)CC1. The first-order valence-electron chi connectivity index (χ1n) is 13.8. The maximum absolute atomic E-state index is 13.0. The number of aromatic nitrogens is 2. The number of para-hydroxylation sites is 1. The highest BCUT2D eigenvalue weighted by atomic mass is 16.5. The number of piperazine rings is 1. The van der Waals surface area contributed by atoms with Crippen LogP contribution in [-0.2, 0) is 16.0 Å². The van der Waals surface area contributed by atoms with Crippen LogP contribution in [0.1, 0.15) is 5.56 Å². The molecule has 2 aliphatic heterocycles. The van der Waals surface area contributed by atoms with Crippen LogP contribution in [0, 0.1) is 0 Å². The standard InChI is InChI=1S/C31H35N5O3/c37-30(36-14-12-34(13-15-36)10-11-35-16-18-39-19-17-35)20-23-4-6-24(7-5-23)26-2-1-3-27(31(26)38)28-21-25-8-9-32-22-29(25)33-28/h1-9,21-22,33,38H,10-20H2. The Morgan fingerprint density at radius 1 is 0.897 bits per heavy atom. The van der Waals surface area contributed by atoms with Gasteiger partial charge in [0.1, 0.15) is 5.75 Å². The predicted molar refractivity (Wildman–Crippen MR) is 153 cm³/mol. The number of aromatic amines is 1. The molecule has 2 aromatic heterocycles. The van der Waals surface area contributed by atoms with Crippen LogP contribution in [0.3, 0.4) is 0 Å². The molecule has 4 heterocycles. The van der Waals surface area contributed by atoms with E-state index in [1.807, 2.05) is 59.5 Å². The average Bonchev–Trinajstić information content (AvgIpc) is 3.42. The number of nitrogens with zero attached hydrogens (tertiary/aromatic N) is 4. The van der Waals surface area contributed by atoms with E-state index in [1.165, 1.54) is 0 Å². The Hall–Kier alpha value is -3.72. The van der Waals surface area contributed by atoms with Crippen molar-refractivity contribution in [3.8, 4) is 28.1 Å². The van der Waals surface area contributed by atoms with Gasteiger partial charge in [-0.25, -0.2) is 0 Å². The van der Waals surface area contributed by atoms with Crippen LogP contribution in [0.15, 0.2) is 67.0 Å². The summed E-state index contributed by atoms with van der Waals surface area (Å²) in [6.45, 7) is 9.24. The van der Waals surface area contributed by atoms with Gasteiger partial charge in [-0.15, -0.1) is 0 Å². The molecular formula is C31H35N5O3. The Morgan fingerprint density at radius 3 is 2.36 bits per heavy atom. The lowest BCUT2D eigenvalue weighted by atomic mass is 9.98. The van der Waals surface area contributed by atoms with Gasteiger partial charge in [0.2, 0.25) is 5.91 Å². The second kappa shape index (κ2) is 11.6. The Bertz CT molecular complexity index is 1390. The minimum atomic E-state index is 0.175. The van der Waals surface area contributed by atoms with Crippen LogP contribution in [0.2, 0.25) is 0 Å². The van der Waals surface area contributed by atoms with Gasteiger partial charge >= 0.3 is 0 Å². The van der Waals surface area contributed by atoms with Crippen LogP contribution < -0.4 is 0 Å². The highest BCUT2D eigenvalue weighted by Crippen LogP contribution is 2.38. The lowest BCUT2D eigenvalue weighted by Crippen LogP contribution is -2.51. The molecule has 0 bridgehead atoms. The van der Waals surface area contributed by atoms with Crippen molar-refractivity contribution in [2.24, 2.45) is 0 Å². The molecular weight excluding hydrogens is 490 g/mol. The van der Waals surface area contributed by atoms with Gasteiger partial charge in [-0.3, -0.25) is 19.6 Å². The smallest absolute Gasteiger partial charge is 0.227 e. The number of hydrogen-bond acceptors (Lipinski definition) is 6. The largest absolute Gasteiger partial charge is 0.507 e. The van der Waals surface area contributed by atoms with E-state index in [2.05, 4.69) is 19.8 Å². The highest BCUT2D eigenvalue weighted by molar-refractivity contribution is 5.89. The monoisotopic (exact) mass is 525 g/mol. The Kier molecular flexibility index (Phi) is 7.58. The molecule has 2 fully saturated rings. The van der Waals surface area contributed by atoms with Crippen molar-refractivity contribution in [1.29, 1.82) is 0 Å². The predicted octanol–water partition coefficient (Wildman–Crippen LogP) is 3.62. The minimum Gasteiger partial charge on any atom is -0.507 e. The molecule has 4 aromatic rings. The van der Waals surface area contributed by atoms with Gasteiger partial charge < -0.3 is 19.7 Å². The first kappa shape index (κ1) is 25.6. The number of pyridine rings is 1. The van der Waals surface area contributed by atoms with Crippen LogP contribution >= 0.6 is 0 Å². The summed E-state index contributed by atoms with van der Waals surface area (Å²) >= 11 is 0. The molecule has 2 aliphatic rings. The van der Waals surface area contributed by atoms with Gasteiger partial charge in [0, 0.05) is 75.1 Å². The molecule has 6 rings (SSSR count). The number of amides is 1. The molecule has 2 aromatic carbocycles. The van der Waals surface area contributed by atoms with E-state index in [0.717, 1.165) is 104 Å². The molecule has 2 N–H and O–H groups in total. The van der Waals surface area contributed by atoms with Crippen molar-refractivity contribution < 1.29 is 14.6 Å². The van der Waals surface area contributed by atoms with E-state index >= 15 is 0 Å². The molecule has 8 heteroatoms. The number of ether oxygens (including phenoxy) is 1. The fourth-order valence-corrected chi connectivity index (χ4v) is 5.53. The molecule has 2 saturated heterocycles. The topological polar surface area (TPSA) is 84.9 Å². The number of aromatic hydroxyl groups is 1. The maximum atomic E-state index is 13.0. The van der Waals surface area contributed by atoms with Crippen molar-refractivity contribution in [3.63, 3.8) is 0 Å². The van der Waals surface area contributed by atoms with E-state index in [4.69, 9.17) is 4.74 Å². The number of carbonyl (C=O) groups is 1. The van der Waals surface area contributed by atoms with Crippen LogP contribution in [0.25, 0.3) is 33.3 Å². The van der Waals surface area contributed by atoms with E-state index in [9.17, 15) is 9.90 Å². The summed E-state index contributed by atoms with van der Waals surface area (Å²) < 4.78 is 5.43. The fraction of sp³-hybridized carbons (Fsp3) is 0.355. The molecule has 0 atom stereocenters. The number of hydrogen-bond donors (Lipinski definition) is 2. The third-order valence-electron chi connectivity index (χ3n) is 7.93. The molecule has 0 unspecified atom stereocenters. The van der Waals surface area contributed by atoms with Crippen molar-refractivity contribution in [2.45, 2.75) is 6.42 Å². The first-order valence-corrected chi connectivity index (χ1v) is 13.8. The third-order valence-corrected chi connectivity index (χ3v) is 7.93. The van der Waals surface area contributed by atoms with Crippen molar-refractivity contribution in [2.75, 3.05) is 65.6 Å². The number of morpholine rings is 1. The van der Waals surface area contributed by atoms with Crippen LogP contribution in [0.4, 0.5) is 0 Å². The Balaban J connectivity index is 1.05. The molecule has 1 amide bonds. The first-order chi connectivity index (χ1) is 19.1. The second-order valence-electron chi connectivity index (χ2n) is 10.4. The normalized spacial score (nSPS) is 17.1. The lowest BCUT2D eigenvalue weighted by Gasteiger charge is -2.36. The second-order valence-corrected chi connectivity index (χ2v) is 10.4. The number of H-pyrrole nitrogens is 1. The van der Waals surface area contributed by atoms with Gasteiger partial charge in [-0.2, -0.15) is 0 Å². The van der Waals surface area contributed by atoms with Gasteiger partial charge in [-0.05, 0) is 29.3 Å². The number of rotatable bonds is 7. The fourth-order valence-electron chi connectivity index (χ4n) is 5.53. The van der Waals surface area contributed by atoms with Crippen molar-refractivity contribution in [1.82, 2.24) is 24.7 Å². The number of phenolic OH excluding ortho intramolecular Hbond substituents is 1. The third kappa shape index (κ3) is 5.83. The minimum absolute atomic E-state index is 0.175. The summed E-state index contributed by atoms with van der Waals surface area (Å²) in [6, 6.07) is 17.7. The summed E-state index contributed by atoms with van der Waals surface area (Å²) in [6.07, 6.45) is 3.94. The van der Waals surface area contributed by atoms with Gasteiger partial charge in [0.15, 0.2) is 0 Å². The van der Waals surface area contributed by atoms with Crippen LogP contribution in [0.5, 0.6) is 5.75 Å². The van der Waals surface area contributed by atoms with E-state index in [0.29, 0.717) is 6.42 Å². The number of nitrogens with one attached hydrogen (secondary N) is 1. The van der Waals surface area contributed by atoms with Crippen molar-refractivity contribution in [3.05, 3.63) is 72.6 Å². The Labute approximate surface area is 228 Å². The molecule has 39 heavy (non-hydrogen) atoms.